The molecule has 1 aromatic carbocycles. The van der Waals surface area contributed by atoms with Crippen molar-refractivity contribution in [2.75, 3.05) is 6.54 Å². The fourth-order valence-electron chi connectivity index (χ4n) is 3.32. The van der Waals surface area contributed by atoms with Crippen molar-refractivity contribution in [3.05, 3.63) is 60.2 Å². The molecule has 0 spiro atoms. The maximum Gasteiger partial charge on any atom is 0.251 e. The standard InChI is InChI=1S/C22H28N4O/c1-2-3-4-7-17-26-20-10-6-5-9-19(20)25-21(26)11-8-14-24-22(27)18-12-15-23-16-13-18/h5-6,9-10,12-13,15-16H,2-4,7-8,11,14,17H2,1H3,(H,24,27). The summed E-state index contributed by atoms with van der Waals surface area (Å²) in [6.07, 6.45) is 9.96. The normalized spacial score (nSPS) is 11.0. The molecule has 27 heavy (non-hydrogen) atoms. The number of amides is 1. The lowest BCUT2D eigenvalue weighted by molar-refractivity contribution is 0.0953. The number of aryl methyl sites for hydroxylation is 2. The summed E-state index contributed by atoms with van der Waals surface area (Å²) >= 11 is 0. The van der Waals surface area contributed by atoms with Crippen molar-refractivity contribution < 1.29 is 4.79 Å². The third-order valence-corrected chi connectivity index (χ3v) is 4.77. The molecule has 1 N–H and O–H groups in total. The maximum absolute atomic E-state index is 12.1. The van der Waals surface area contributed by atoms with E-state index in [0.717, 1.165) is 30.7 Å². The zero-order chi connectivity index (χ0) is 18.9. The lowest BCUT2D eigenvalue weighted by Gasteiger charge is -2.10. The zero-order valence-electron chi connectivity index (χ0n) is 16.0. The van der Waals surface area contributed by atoms with Crippen LogP contribution in [-0.4, -0.2) is 27.0 Å². The third kappa shape index (κ3) is 5.16. The number of rotatable bonds is 10. The SMILES string of the molecule is CCCCCCn1c(CCCNC(=O)c2ccncc2)nc2ccccc21. The van der Waals surface area contributed by atoms with E-state index in [2.05, 4.69) is 40.0 Å². The minimum absolute atomic E-state index is 0.0505. The molecule has 0 saturated carbocycles. The first-order valence-electron chi connectivity index (χ1n) is 9.92. The largest absolute Gasteiger partial charge is 0.352 e. The van der Waals surface area contributed by atoms with Crippen molar-refractivity contribution in [1.29, 1.82) is 0 Å². The van der Waals surface area contributed by atoms with Crippen LogP contribution in [0.5, 0.6) is 0 Å². The van der Waals surface area contributed by atoms with Crippen molar-refractivity contribution in [2.45, 2.75) is 52.0 Å². The van der Waals surface area contributed by atoms with Gasteiger partial charge in [-0.05, 0) is 37.1 Å². The summed E-state index contributed by atoms with van der Waals surface area (Å²) in [5.74, 6) is 1.07. The highest BCUT2D eigenvalue weighted by atomic mass is 16.1. The highest BCUT2D eigenvalue weighted by Gasteiger charge is 2.10. The average molecular weight is 364 g/mol. The van der Waals surface area contributed by atoms with Gasteiger partial charge in [0, 0.05) is 37.5 Å². The summed E-state index contributed by atoms with van der Waals surface area (Å²) in [5, 5.41) is 2.98. The Kier molecular flexibility index (Phi) is 6.97. The Bertz CT molecular complexity index is 857. The molecular weight excluding hydrogens is 336 g/mol. The van der Waals surface area contributed by atoms with E-state index in [9.17, 15) is 4.79 Å². The molecule has 0 aliphatic rings. The van der Waals surface area contributed by atoms with Crippen LogP contribution in [0.1, 0.15) is 55.2 Å². The Morgan fingerprint density at radius 1 is 1.04 bits per heavy atom. The van der Waals surface area contributed by atoms with E-state index in [4.69, 9.17) is 4.98 Å². The van der Waals surface area contributed by atoms with Gasteiger partial charge in [-0.25, -0.2) is 4.98 Å². The number of imidazole rings is 1. The summed E-state index contributed by atoms with van der Waals surface area (Å²) in [7, 11) is 0. The summed E-state index contributed by atoms with van der Waals surface area (Å²) < 4.78 is 2.36. The van der Waals surface area contributed by atoms with Crippen LogP contribution in [0.2, 0.25) is 0 Å². The zero-order valence-corrected chi connectivity index (χ0v) is 16.0. The second-order valence-corrected chi connectivity index (χ2v) is 6.82. The van der Waals surface area contributed by atoms with Crippen molar-refractivity contribution in [1.82, 2.24) is 19.9 Å². The molecule has 0 unspecified atom stereocenters. The molecule has 5 nitrogen and oxygen atoms in total. The first-order valence-corrected chi connectivity index (χ1v) is 9.92. The van der Waals surface area contributed by atoms with Crippen LogP contribution in [0.15, 0.2) is 48.8 Å². The van der Waals surface area contributed by atoms with Gasteiger partial charge in [-0.3, -0.25) is 9.78 Å². The number of hydrogen-bond acceptors (Lipinski definition) is 3. The van der Waals surface area contributed by atoms with Gasteiger partial charge in [-0.1, -0.05) is 38.3 Å². The molecule has 1 amide bonds. The Morgan fingerprint density at radius 3 is 2.67 bits per heavy atom. The van der Waals surface area contributed by atoms with Gasteiger partial charge in [-0.2, -0.15) is 0 Å². The topological polar surface area (TPSA) is 59.8 Å². The molecule has 0 aliphatic carbocycles. The summed E-state index contributed by atoms with van der Waals surface area (Å²) in [6.45, 7) is 3.89. The van der Waals surface area contributed by atoms with Gasteiger partial charge in [-0.15, -0.1) is 0 Å². The molecular formula is C22H28N4O. The van der Waals surface area contributed by atoms with Crippen LogP contribution < -0.4 is 5.32 Å². The molecule has 5 heteroatoms. The molecule has 0 radical (unpaired) electrons. The fraction of sp³-hybridized carbons (Fsp3) is 0.409. The number of fused-ring (bicyclic) bond motifs is 1. The minimum Gasteiger partial charge on any atom is -0.352 e. The van der Waals surface area contributed by atoms with E-state index >= 15 is 0 Å². The molecule has 2 heterocycles. The molecule has 3 aromatic rings. The van der Waals surface area contributed by atoms with Gasteiger partial charge < -0.3 is 9.88 Å². The number of nitrogens with zero attached hydrogens (tertiary/aromatic N) is 3. The second kappa shape index (κ2) is 9.86. The average Bonchev–Trinajstić information content (AvgIpc) is 3.06. The fourth-order valence-corrected chi connectivity index (χ4v) is 3.32. The van der Waals surface area contributed by atoms with Gasteiger partial charge in [0.05, 0.1) is 11.0 Å². The number of unbranched alkanes of at least 4 members (excludes halogenated alkanes) is 3. The lowest BCUT2D eigenvalue weighted by atomic mass is 10.2. The van der Waals surface area contributed by atoms with E-state index < -0.39 is 0 Å². The monoisotopic (exact) mass is 364 g/mol. The van der Waals surface area contributed by atoms with Gasteiger partial charge in [0.25, 0.3) is 5.91 Å². The van der Waals surface area contributed by atoms with Crippen molar-refractivity contribution in [3.8, 4) is 0 Å². The van der Waals surface area contributed by atoms with Gasteiger partial charge in [0.1, 0.15) is 5.82 Å². The quantitative estimate of drug-likeness (QED) is 0.543. The maximum atomic E-state index is 12.1. The van der Waals surface area contributed by atoms with E-state index in [0.29, 0.717) is 12.1 Å². The van der Waals surface area contributed by atoms with Crippen LogP contribution >= 0.6 is 0 Å². The Hall–Kier alpha value is -2.69. The number of nitrogens with one attached hydrogen (secondary N) is 1. The van der Waals surface area contributed by atoms with Crippen molar-refractivity contribution in [2.24, 2.45) is 0 Å². The molecule has 0 fully saturated rings. The van der Waals surface area contributed by atoms with E-state index in [1.807, 2.05) is 6.07 Å². The number of carbonyl (C=O) groups excluding carboxylic acids is 1. The molecule has 0 aliphatic heterocycles. The van der Waals surface area contributed by atoms with Crippen LogP contribution in [0, 0.1) is 0 Å². The number of carbonyl (C=O) groups is 1. The van der Waals surface area contributed by atoms with Gasteiger partial charge in [0.2, 0.25) is 0 Å². The number of aromatic nitrogens is 3. The first-order chi connectivity index (χ1) is 13.3. The number of benzene rings is 1. The molecule has 0 bridgehead atoms. The third-order valence-electron chi connectivity index (χ3n) is 4.77. The van der Waals surface area contributed by atoms with E-state index in [1.54, 1.807) is 24.5 Å². The van der Waals surface area contributed by atoms with Crippen molar-refractivity contribution >= 4 is 16.9 Å². The lowest BCUT2D eigenvalue weighted by Crippen LogP contribution is -2.25. The van der Waals surface area contributed by atoms with Crippen molar-refractivity contribution in [3.63, 3.8) is 0 Å². The predicted molar refractivity (Wildman–Crippen MR) is 109 cm³/mol. The van der Waals surface area contributed by atoms with Gasteiger partial charge in [0.15, 0.2) is 0 Å². The number of para-hydroxylation sites is 2. The van der Waals surface area contributed by atoms with Crippen LogP contribution in [0.3, 0.4) is 0 Å². The number of pyridine rings is 1. The second-order valence-electron chi connectivity index (χ2n) is 6.82. The molecule has 2 aromatic heterocycles. The Morgan fingerprint density at radius 2 is 1.85 bits per heavy atom. The minimum atomic E-state index is -0.0505. The van der Waals surface area contributed by atoms with Gasteiger partial charge >= 0.3 is 0 Å². The highest BCUT2D eigenvalue weighted by Crippen LogP contribution is 2.18. The predicted octanol–water partition coefficient (Wildman–Crippen LogP) is 4.37. The highest BCUT2D eigenvalue weighted by molar-refractivity contribution is 5.93. The smallest absolute Gasteiger partial charge is 0.251 e. The summed E-state index contributed by atoms with van der Waals surface area (Å²) in [5.41, 5.74) is 2.92. The van der Waals surface area contributed by atoms with Crippen LogP contribution in [0.25, 0.3) is 11.0 Å². The van der Waals surface area contributed by atoms with E-state index in [1.165, 1.54) is 31.2 Å². The summed E-state index contributed by atoms with van der Waals surface area (Å²) in [6, 6.07) is 11.8. The van der Waals surface area contributed by atoms with Crippen LogP contribution in [0.4, 0.5) is 0 Å². The Balaban J connectivity index is 1.58. The molecule has 0 atom stereocenters. The molecule has 0 saturated heterocycles. The molecule has 3 rings (SSSR count). The number of hydrogen-bond donors (Lipinski definition) is 1. The molecule has 142 valence electrons. The van der Waals surface area contributed by atoms with Crippen LogP contribution in [-0.2, 0) is 13.0 Å². The van der Waals surface area contributed by atoms with E-state index in [-0.39, 0.29) is 5.91 Å². The Labute approximate surface area is 160 Å². The first kappa shape index (κ1) is 19.1. The summed E-state index contributed by atoms with van der Waals surface area (Å²) in [4.78, 5) is 20.9.